The molecule has 0 amide bonds. The highest BCUT2D eigenvalue weighted by molar-refractivity contribution is 6.34. The fourth-order valence-corrected chi connectivity index (χ4v) is 7.56. The molecule has 2 heteroatoms. The number of aromatic nitrogens is 1. The number of anilines is 3. The molecule has 0 radical (unpaired) electrons. The van der Waals surface area contributed by atoms with E-state index in [1.54, 1.807) is 0 Å². The van der Waals surface area contributed by atoms with Crippen molar-refractivity contribution in [3.05, 3.63) is 182 Å². The maximum absolute atomic E-state index is 9.11. The number of nitrogens with zero attached hydrogens (tertiary/aromatic N) is 2. The van der Waals surface area contributed by atoms with Crippen LogP contribution >= 0.6 is 0 Å². The Morgan fingerprint density at radius 3 is 1.75 bits per heavy atom. The van der Waals surface area contributed by atoms with E-state index in [1.807, 2.05) is 47.0 Å². The molecule has 0 saturated heterocycles. The Morgan fingerprint density at radius 1 is 0.438 bits per heavy atom. The predicted molar refractivity (Wildman–Crippen MR) is 205 cm³/mol. The lowest BCUT2D eigenvalue weighted by atomic mass is 9.88. The molecule has 224 valence electrons. The molecule has 9 aromatic carbocycles. The molecular formula is C46H30N2. The van der Waals surface area contributed by atoms with Crippen LogP contribution in [0, 0.1) is 0 Å². The summed E-state index contributed by atoms with van der Waals surface area (Å²) in [5.74, 6) is 0. The maximum atomic E-state index is 9.11. The van der Waals surface area contributed by atoms with E-state index in [0.29, 0.717) is 10.9 Å². The van der Waals surface area contributed by atoms with Crippen LogP contribution in [0.1, 0.15) is 5.48 Å². The summed E-state index contributed by atoms with van der Waals surface area (Å²) in [6.45, 7) is 0. The van der Waals surface area contributed by atoms with Crippen molar-refractivity contribution < 1.29 is 5.48 Å². The van der Waals surface area contributed by atoms with Gasteiger partial charge >= 0.3 is 0 Å². The molecule has 0 spiro atoms. The second-order valence-electron chi connectivity index (χ2n) is 12.3. The van der Waals surface area contributed by atoms with E-state index in [9.17, 15) is 0 Å². The standard InChI is InChI=1S/C46H30N2/c1-4-12-34(13-5-1)47(35-14-6-2-7-15-35)37-25-22-31(23-26-37)38-27-24-32-20-21-33-30-43-46(41-29-28-39(38)44(32)45(33)41)40-18-10-11-19-42(40)48(43)36-16-8-3-9-17-36/h1-30H/i10D,11D,18D,19D. The summed E-state index contributed by atoms with van der Waals surface area (Å²) < 4.78 is 37.3. The van der Waals surface area contributed by atoms with E-state index in [1.165, 1.54) is 0 Å². The molecule has 0 fully saturated rings. The molecule has 0 saturated carbocycles. The van der Waals surface area contributed by atoms with Gasteiger partial charge in [-0.05, 0) is 104 Å². The van der Waals surface area contributed by atoms with Gasteiger partial charge in [0.25, 0.3) is 0 Å². The lowest BCUT2D eigenvalue weighted by Crippen LogP contribution is -2.09. The van der Waals surface area contributed by atoms with Crippen LogP contribution in [0.4, 0.5) is 17.1 Å². The average molecular weight is 615 g/mol. The molecule has 2 nitrogen and oxygen atoms in total. The van der Waals surface area contributed by atoms with Gasteiger partial charge in [0.2, 0.25) is 0 Å². The first-order chi connectivity index (χ1) is 25.5. The molecule has 10 aromatic rings. The molecule has 48 heavy (non-hydrogen) atoms. The first kappa shape index (κ1) is 23.0. The highest BCUT2D eigenvalue weighted by Crippen LogP contribution is 2.45. The van der Waals surface area contributed by atoms with E-state index < -0.39 is 0 Å². The zero-order valence-electron chi connectivity index (χ0n) is 29.9. The molecule has 0 atom stereocenters. The van der Waals surface area contributed by atoms with Gasteiger partial charge in [0, 0.05) is 33.5 Å². The second kappa shape index (κ2) is 10.6. The van der Waals surface area contributed by atoms with Crippen molar-refractivity contribution in [2.75, 3.05) is 4.90 Å². The first-order valence-corrected chi connectivity index (χ1v) is 16.2. The van der Waals surface area contributed by atoms with E-state index >= 15 is 0 Å². The molecule has 1 aromatic heterocycles. The van der Waals surface area contributed by atoms with E-state index in [0.717, 1.165) is 77.1 Å². The summed E-state index contributed by atoms with van der Waals surface area (Å²) in [4.78, 5) is 2.26. The van der Waals surface area contributed by atoms with Crippen molar-refractivity contribution in [2.24, 2.45) is 0 Å². The fraction of sp³-hybridized carbons (Fsp3) is 0. The fourth-order valence-electron chi connectivity index (χ4n) is 7.56. The average Bonchev–Trinajstić information content (AvgIpc) is 3.55. The van der Waals surface area contributed by atoms with Gasteiger partial charge in [-0.3, -0.25) is 0 Å². The lowest BCUT2D eigenvalue weighted by molar-refractivity contribution is 1.18. The Bertz CT molecular complexity index is 2940. The molecule has 0 aliphatic heterocycles. The van der Waals surface area contributed by atoms with Crippen LogP contribution in [0.15, 0.2) is 182 Å². The minimum absolute atomic E-state index is 0.0217. The van der Waals surface area contributed by atoms with E-state index in [-0.39, 0.29) is 24.2 Å². The quantitative estimate of drug-likeness (QED) is 0.175. The maximum Gasteiger partial charge on any atom is 0.0645 e. The Morgan fingerprint density at radius 2 is 1.02 bits per heavy atom. The number of hydrogen-bond donors (Lipinski definition) is 0. The van der Waals surface area contributed by atoms with Gasteiger partial charge in [-0.25, -0.2) is 0 Å². The summed E-state index contributed by atoms with van der Waals surface area (Å²) >= 11 is 0. The second-order valence-corrected chi connectivity index (χ2v) is 12.3. The third kappa shape index (κ3) is 4.00. The summed E-state index contributed by atoms with van der Waals surface area (Å²) in [7, 11) is 0. The van der Waals surface area contributed by atoms with Gasteiger partial charge in [0.15, 0.2) is 0 Å². The first-order valence-electron chi connectivity index (χ1n) is 18.2. The topological polar surface area (TPSA) is 8.17 Å². The van der Waals surface area contributed by atoms with Crippen LogP contribution in [0.2, 0.25) is 0 Å². The zero-order valence-corrected chi connectivity index (χ0v) is 25.9. The molecule has 10 rings (SSSR count). The Hall–Kier alpha value is -6.38. The van der Waals surface area contributed by atoms with Crippen LogP contribution in [0.5, 0.6) is 0 Å². The normalized spacial score (nSPS) is 12.9. The zero-order chi connectivity index (χ0) is 35.1. The van der Waals surface area contributed by atoms with E-state index in [4.69, 9.17) is 5.48 Å². The van der Waals surface area contributed by atoms with Gasteiger partial charge in [-0.15, -0.1) is 0 Å². The van der Waals surface area contributed by atoms with Crippen LogP contribution in [0.25, 0.3) is 70.9 Å². The summed E-state index contributed by atoms with van der Waals surface area (Å²) in [5.41, 5.74) is 7.70. The summed E-state index contributed by atoms with van der Waals surface area (Å²) in [5, 5.41) is 7.92. The third-order valence-corrected chi connectivity index (χ3v) is 9.62. The summed E-state index contributed by atoms with van der Waals surface area (Å²) in [6, 6.07) is 54.1. The Balaban J connectivity index is 1.21. The molecule has 0 bridgehead atoms. The van der Waals surface area contributed by atoms with Crippen molar-refractivity contribution in [3.63, 3.8) is 0 Å². The lowest BCUT2D eigenvalue weighted by Gasteiger charge is -2.25. The van der Waals surface area contributed by atoms with Crippen molar-refractivity contribution >= 4 is 71.2 Å². The van der Waals surface area contributed by atoms with Crippen molar-refractivity contribution in [3.8, 4) is 16.8 Å². The molecular weight excluding hydrogens is 581 g/mol. The number of hydrogen-bond acceptors (Lipinski definition) is 1. The van der Waals surface area contributed by atoms with Crippen LogP contribution in [-0.4, -0.2) is 4.57 Å². The van der Waals surface area contributed by atoms with Crippen LogP contribution in [-0.2, 0) is 0 Å². The van der Waals surface area contributed by atoms with Crippen LogP contribution in [0.3, 0.4) is 0 Å². The van der Waals surface area contributed by atoms with E-state index in [2.05, 4.69) is 120 Å². The minimum Gasteiger partial charge on any atom is -0.311 e. The monoisotopic (exact) mass is 614 g/mol. The smallest absolute Gasteiger partial charge is 0.0645 e. The Labute approximate surface area is 284 Å². The van der Waals surface area contributed by atoms with Gasteiger partial charge in [0.05, 0.1) is 16.5 Å². The molecule has 0 aliphatic rings. The van der Waals surface area contributed by atoms with Crippen molar-refractivity contribution in [1.82, 2.24) is 4.57 Å². The molecule has 0 unspecified atom stereocenters. The van der Waals surface area contributed by atoms with Gasteiger partial charge in [0.1, 0.15) is 0 Å². The number of fused-ring (bicyclic) bond motifs is 4. The summed E-state index contributed by atoms with van der Waals surface area (Å²) in [6.07, 6.45) is 0. The highest BCUT2D eigenvalue weighted by atomic mass is 15.1. The largest absolute Gasteiger partial charge is 0.311 e. The number of rotatable bonds is 5. The minimum atomic E-state index is -0.231. The van der Waals surface area contributed by atoms with Crippen LogP contribution < -0.4 is 4.90 Å². The number of para-hydroxylation sites is 4. The van der Waals surface area contributed by atoms with Gasteiger partial charge in [-0.2, -0.15) is 0 Å². The third-order valence-electron chi connectivity index (χ3n) is 9.62. The predicted octanol–water partition coefficient (Wildman–Crippen LogP) is 12.8. The van der Waals surface area contributed by atoms with Gasteiger partial charge in [-0.1, -0.05) is 121 Å². The SMILES string of the molecule is [2H]c1c([2H])c([2H])c2c(c1[2H])c1c3ccc4c(-c5ccc(N(c6ccccc6)c6ccccc6)cc5)ccc5ccc(cc1n2-c1ccccc1)c3c54. The van der Waals surface area contributed by atoms with Crippen molar-refractivity contribution in [2.45, 2.75) is 0 Å². The number of benzene rings is 9. The molecule has 1 heterocycles. The molecule has 0 N–H and O–H groups in total. The Kier molecular flexibility index (Phi) is 5.08. The van der Waals surface area contributed by atoms with Gasteiger partial charge < -0.3 is 9.47 Å². The molecule has 0 aliphatic carbocycles. The highest BCUT2D eigenvalue weighted by Gasteiger charge is 2.20. The van der Waals surface area contributed by atoms with Crippen molar-refractivity contribution in [1.29, 1.82) is 0 Å².